The number of aryl methyl sites for hydroxylation is 1. The fraction of sp³-hybridized carbons (Fsp3) is 0.270. The summed E-state index contributed by atoms with van der Waals surface area (Å²) in [5, 5.41) is 28.2. The fourth-order valence-corrected chi connectivity index (χ4v) is 5.28. The molecule has 5 rings (SSSR count). The van der Waals surface area contributed by atoms with Crippen molar-refractivity contribution in [2.45, 2.75) is 40.5 Å². The van der Waals surface area contributed by atoms with Gasteiger partial charge < -0.3 is 29.2 Å². The van der Waals surface area contributed by atoms with Gasteiger partial charge in [-0.15, -0.1) is 0 Å². The van der Waals surface area contributed by atoms with Crippen molar-refractivity contribution in [2.24, 2.45) is 10.9 Å². The van der Waals surface area contributed by atoms with Crippen LogP contribution in [0.3, 0.4) is 0 Å². The molecule has 10 heteroatoms. The second-order valence-corrected chi connectivity index (χ2v) is 11.2. The van der Waals surface area contributed by atoms with Crippen LogP contribution in [0.15, 0.2) is 71.7 Å². The summed E-state index contributed by atoms with van der Waals surface area (Å²) in [6.45, 7) is 6.38. The first-order valence-corrected chi connectivity index (χ1v) is 15.1. The lowest BCUT2D eigenvalue weighted by Crippen LogP contribution is -2.25. The van der Waals surface area contributed by atoms with Gasteiger partial charge in [-0.3, -0.25) is 9.79 Å². The molecule has 0 bridgehead atoms. The van der Waals surface area contributed by atoms with E-state index in [1.807, 2.05) is 56.3 Å². The smallest absolute Gasteiger partial charge is 0.314 e. The molecule has 4 aromatic rings. The molecule has 9 nitrogen and oxygen atoms in total. The lowest BCUT2D eigenvalue weighted by molar-refractivity contribution is -0.140. The number of aliphatic hydroxyl groups is 1. The number of hydrogen-bond donors (Lipinski definition) is 2. The molecule has 1 aliphatic rings. The van der Waals surface area contributed by atoms with Gasteiger partial charge in [0.25, 0.3) is 0 Å². The summed E-state index contributed by atoms with van der Waals surface area (Å²) in [7, 11) is 0. The highest BCUT2D eigenvalue weighted by molar-refractivity contribution is 6.00. The van der Waals surface area contributed by atoms with Gasteiger partial charge in [0.05, 0.1) is 18.7 Å². The summed E-state index contributed by atoms with van der Waals surface area (Å²) in [5.74, 6) is -0.437. The van der Waals surface area contributed by atoms with Crippen LogP contribution in [0.4, 0.5) is 4.39 Å². The average molecular weight is 639 g/mol. The molecule has 1 aliphatic heterocycles. The highest BCUT2D eigenvalue weighted by Gasteiger charge is 2.20. The van der Waals surface area contributed by atoms with Crippen LogP contribution in [0.25, 0.3) is 11.1 Å². The van der Waals surface area contributed by atoms with Gasteiger partial charge in [0.2, 0.25) is 0 Å². The maximum Gasteiger partial charge on any atom is 0.314 e. The molecule has 1 unspecified atom stereocenters. The Bertz CT molecular complexity index is 1860. The minimum Gasteiger partial charge on any atom is -0.488 e. The van der Waals surface area contributed by atoms with Gasteiger partial charge in [-0.05, 0) is 84.5 Å². The molecule has 0 aromatic heterocycles. The normalized spacial score (nSPS) is 13.1. The van der Waals surface area contributed by atoms with E-state index in [1.165, 1.54) is 12.1 Å². The number of carboxylic acids is 1. The highest BCUT2D eigenvalue weighted by Crippen LogP contribution is 2.37. The standard InChI is InChI=1S/C37H35FN2O7/c1-22-13-29(18-40-24(3)31(19-41)37(42)43)35(46-20-25-7-9-32(38)28(14-25)17-39)16-34(22)47-21-27-5-4-6-30(23(27)2)26-8-10-33-36(15-26)45-12-11-44-33/h4-10,13-16,31,41H,11-12,18-21H2,1-3H3,(H,42,43). The first kappa shape index (κ1) is 33.0. The number of aliphatic hydroxyl groups excluding tert-OH is 1. The van der Waals surface area contributed by atoms with Crippen molar-refractivity contribution in [3.63, 3.8) is 0 Å². The van der Waals surface area contributed by atoms with Crippen molar-refractivity contribution >= 4 is 11.7 Å². The van der Waals surface area contributed by atoms with Gasteiger partial charge in [0.1, 0.15) is 55.7 Å². The number of hydrogen-bond acceptors (Lipinski definition) is 8. The Balaban J connectivity index is 1.40. The van der Waals surface area contributed by atoms with E-state index < -0.39 is 24.3 Å². The van der Waals surface area contributed by atoms with Crippen LogP contribution in [0.1, 0.15) is 40.3 Å². The third-order valence-corrected chi connectivity index (χ3v) is 8.07. The number of rotatable bonds is 12. The lowest BCUT2D eigenvalue weighted by atomic mass is 9.96. The van der Waals surface area contributed by atoms with Crippen molar-refractivity contribution in [1.29, 1.82) is 5.26 Å². The third kappa shape index (κ3) is 7.71. The molecular formula is C37H35FN2O7. The topological polar surface area (TPSA) is 131 Å². The summed E-state index contributed by atoms with van der Waals surface area (Å²) in [4.78, 5) is 15.9. The minimum absolute atomic E-state index is 0.0399. The number of ether oxygens (including phenoxy) is 4. The van der Waals surface area contributed by atoms with E-state index >= 15 is 0 Å². The summed E-state index contributed by atoms with van der Waals surface area (Å²) in [6, 6.07) is 21.6. The quantitative estimate of drug-likeness (QED) is 0.167. The van der Waals surface area contributed by atoms with Crippen LogP contribution in [-0.4, -0.2) is 41.7 Å². The molecule has 1 atom stereocenters. The van der Waals surface area contributed by atoms with Gasteiger partial charge in [0.15, 0.2) is 11.5 Å². The predicted molar refractivity (Wildman–Crippen MR) is 174 cm³/mol. The second-order valence-electron chi connectivity index (χ2n) is 11.2. The van der Waals surface area contributed by atoms with E-state index in [0.717, 1.165) is 39.3 Å². The Labute approximate surface area is 272 Å². The molecule has 0 saturated carbocycles. The molecule has 0 saturated heterocycles. The van der Waals surface area contributed by atoms with E-state index in [1.54, 1.807) is 19.1 Å². The number of halogens is 1. The maximum atomic E-state index is 13.9. The lowest BCUT2D eigenvalue weighted by Gasteiger charge is -2.20. The van der Waals surface area contributed by atoms with Crippen LogP contribution < -0.4 is 18.9 Å². The molecule has 47 heavy (non-hydrogen) atoms. The monoisotopic (exact) mass is 638 g/mol. The number of aliphatic carboxylic acids is 1. The van der Waals surface area contributed by atoms with Crippen LogP contribution in [0.2, 0.25) is 0 Å². The zero-order valence-electron chi connectivity index (χ0n) is 26.4. The molecule has 0 fully saturated rings. The summed E-state index contributed by atoms with van der Waals surface area (Å²) < 4.78 is 37.8. The van der Waals surface area contributed by atoms with Crippen LogP contribution >= 0.6 is 0 Å². The van der Waals surface area contributed by atoms with Crippen LogP contribution in [-0.2, 0) is 24.6 Å². The summed E-state index contributed by atoms with van der Waals surface area (Å²) in [5.41, 5.74) is 6.35. The van der Waals surface area contributed by atoms with Crippen LogP contribution in [0.5, 0.6) is 23.0 Å². The van der Waals surface area contributed by atoms with E-state index in [4.69, 9.17) is 18.9 Å². The molecule has 0 radical (unpaired) electrons. The van der Waals surface area contributed by atoms with Gasteiger partial charge in [-0.1, -0.05) is 30.3 Å². The molecule has 2 N–H and O–H groups in total. The molecule has 1 heterocycles. The molecule has 242 valence electrons. The average Bonchev–Trinajstić information content (AvgIpc) is 3.07. The van der Waals surface area contributed by atoms with Crippen LogP contribution in [0, 0.1) is 36.9 Å². The Hall–Kier alpha value is -5.40. The van der Waals surface area contributed by atoms with Crippen molar-refractivity contribution in [1.82, 2.24) is 0 Å². The van der Waals surface area contributed by atoms with E-state index in [0.29, 0.717) is 35.8 Å². The number of carboxylic acid groups (broad SMARTS) is 1. The largest absolute Gasteiger partial charge is 0.488 e. The maximum absolute atomic E-state index is 13.9. The zero-order valence-corrected chi connectivity index (χ0v) is 26.4. The zero-order chi connectivity index (χ0) is 33.5. The first-order chi connectivity index (χ1) is 22.7. The van der Waals surface area contributed by atoms with Gasteiger partial charge in [-0.25, -0.2) is 4.39 Å². The molecule has 0 aliphatic carbocycles. The van der Waals surface area contributed by atoms with Crippen molar-refractivity contribution in [3.8, 4) is 40.2 Å². The van der Waals surface area contributed by atoms with Gasteiger partial charge >= 0.3 is 5.97 Å². The molecule has 0 amide bonds. The van der Waals surface area contributed by atoms with Crippen molar-refractivity contribution in [3.05, 3.63) is 106 Å². The second kappa shape index (κ2) is 14.8. The SMILES string of the molecule is CC(=NCc1cc(C)c(OCc2cccc(-c3ccc4c(c3)OCCO4)c2C)cc1OCc1ccc(F)c(C#N)c1)C(CO)C(=O)O. The van der Waals surface area contributed by atoms with Gasteiger partial charge in [0, 0.05) is 17.3 Å². The number of nitriles is 1. The number of carbonyl (C=O) groups is 1. The molecule has 0 spiro atoms. The number of fused-ring (bicyclic) bond motifs is 1. The van der Waals surface area contributed by atoms with E-state index in [9.17, 15) is 24.7 Å². The molecule has 4 aromatic carbocycles. The van der Waals surface area contributed by atoms with Gasteiger partial charge in [-0.2, -0.15) is 5.26 Å². The summed E-state index contributed by atoms with van der Waals surface area (Å²) in [6.07, 6.45) is 0. The predicted octanol–water partition coefficient (Wildman–Crippen LogP) is 6.56. The van der Waals surface area contributed by atoms with Crippen molar-refractivity contribution in [2.75, 3.05) is 19.8 Å². The Morgan fingerprint density at radius 1 is 0.979 bits per heavy atom. The third-order valence-electron chi connectivity index (χ3n) is 8.07. The summed E-state index contributed by atoms with van der Waals surface area (Å²) >= 11 is 0. The number of aliphatic imine (C=N–C) groups is 1. The number of benzene rings is 4. The fourth-order valence-electron chi connectivity index (χ4n) is 5.28. The Morgan fingerprint density at radius 3 is 2.49 bits per heavy atom. The minimum atomic E-state index is -1.16. The Morgan fingerprint density at radius 2 is 1.74 bits per heavy atom. The van der Waals surface area contributed by atoms with E-state index in [-0.39, 0.29) is 31.0 Å². The molecular weight excluding hydrogens is 603 g/mol. The Kier molecular flexibility index (Phi) is 10.4. The highest BCUT2D eigenvalue weighted by atomic mass is 19.1. The number of nitrogens with zero attached hydrogens (tertiary/aromatic N) is 2. The van der Waals surface area contributed by atoms with E-state index in [2.05, 4.69) is 11.1 Å². The van der Waals surface area contributed by atoms with Crippen molar-refractivity contribution < 1.29 is 38.3 Å². The first-order valence-electron chi connectivity index (χ1n) is 15.1.